The Labute approximate surface area is 251 Å². The van der Waals surface area contributed by atoms with E-state index in [1.54, 1.807) is 0 Å². The van der Waals surface area contributed by atoms with Crippen LogP contribution in [0, 0.1) is 5.92 Å². The first-order valence-electron chi connectivity index (χ1n) is 14.0. The van der Waals surface area contributed by atoms with E-state index < -0.39 is 42.4 Å². The van der Waals surface area contributed by atoms with Gasteiger partial charge in [-0.2, -0.15) is 8.78 Å². The van der Waals surface area contributed by atoms with Crippen LogP contribution in [-0.4, -0.2) is 60.8 Å². The number of rotatable bonds is 13. The second-order valence-electron chi connectivity index (χ2n) is 10.6. The third-order valence-corrected chi connectivity index (χ3v) is 7.51. The van der Waals surface area contributed by atoms with Crippen LogP contribution < -0.4 is 20.1 Å². The SMILES string of the molecule is C[C@H](NC(=O)OCC1c2ccccc2-c2ccccc21)C(=O)C(NC(=O)c1ccc(OC(F)F)c(OCC2CC2)c1)C(=O)O. The lowest BCUT2D eigenvalue weighted by Crippen LogP contribution is -2.53. The molecule has 44 heavy (non-hydrogen) atoms. The number of carbonyl (C=O) groups excluding carboxylic acids is 3. The topological polar surface area (TPSA) is 140 Å². The molecule has 0 spiro atoms. The molecule has 12 heteroatoms. The Balaban J connectivity index is 1.20. The Bertz CT molecular complexity index is 1530. The van der Waals surface area contributed by atoms with E-state index in [-0.39, 0.29) is 42.1 Å². The summed E-state index contributed by atoms with van der Waals surface area (Å²) in [6.07, 6.45) is 0.918. The number of benzene rings is 3. The van der Waals surface area contributed by atoms with Gasteiger partial charge in [0, 0.05) is 11.5 Å². The highest BCUT2D eigenvalue weighted by Crippen LogP contribution is 2.44. The third-order valence-electron chi connectivity index (χ3n) is 7.51. The molecule has 3 N–H and O–H groups in total. The number of aliphatic carboxylic acids is 1. The number of carboxylic acids is 1. The first-order valence-corrected chi connectivity index (χ1v) is 14.0. The predicted octanol–water partition coefficient (Wildman–Crippen LogP) is 4.76. The van der Waals surface area contributed by atoms with E-state index in [1.807, 2.05) is 48.5 Å². The molecule has 0 saturated heterocycles. The van der Waals surface area contributed by atoms with Gasteiger partial charge in [-0.15, -0.1) is 0 Å². The number of carbonyl (C=O) groups is 4. The van der Waals surface area contributed by atoms with Crippen LogP contribution in [-0.2, 0) is 14.3 Å². The number of amides is 2. The molecule has 2 amide bonds. The second kappa shape index (κ2) is 13.1. The quantitative estimate of drug-likeness (QED) is 0.236. The second-order valence-corrected chi connectivity index (χ2v) is 10.6. The summed E-state index contributed by atoms with van der Waals surface area (Å²) >= 11 is 0. The fraction of sp³-hybridized carbons (Fsp3) is 0.312. The smallest absolute Gasteiger partial charge is 0.407 e. The fourth-order valence-corrected chi connectivity index (χ4v) is 5.05. The van der Waals surface area contributed by atoms with Crippen molar-refractivity contribution in [3.05, 3.63) is 83.4 Å². The highest BCUT2D eigenvalue weighted by molar-refractivity contribution is 6.10. The largest absolute Gasteiger partial charge is 0.489 e. The first kappa shape index (κ1) is 30.5. The van der Waals surface area contributed by atoms with Gasteiger partial charge in [0.25, 0.3) is 5.91 Å². The van der Waals surface area contributed by atoms with Crippen LogP contribution >= 0.6 is 0 Å². The minimum Gasteiger partial charge on any atom is -0.489 e. The van der Waals surface area contributed by atoms with Crippen LogP contribution in [0.4, 0.5) is 13.6 Å². The molecule has 2 aliphatic carbocycles. The monoisotopic (exact) mass is 608 g/mol. The van der Waals surface area contributed by atoms with Crippen molar-refractivity contribution in [1.82, 2.24) is 10.6 Å². The number of alkyl carbamates (subject to hydrolysis) is 1. The van der Waals surface area contributed by atoms with Crippen molar-refractivity contribution in [3.63, 3.8) is 0 Å². The molecule has 1 saturated carbocycles. The maximum atomic E-state index is 13.0. The Hall–Kier alpha value is -5.00. The van der Waals surface area contributed by atoms with Crippen LogP contribution in [0.3, 0.4) is 0 Å². The van der Waals surface area contributed by atoms with Crippen molar-refractivity contribution >= 4 is 23.8 Å². The molecule has 0 aromatic heterocycles. The molecule has 0 radical (unpaired) electrons. The van der Waals surface area contributed by atoms with E-state index in [0.717, 1.165) is 53.3 Å². The number of carboxylic acid groups (broad SMARTS) is 1. The summed E-state index contributed by atoms with van der Waals surface area (Å²) in [6.45, 7) is -1.64. The zero-order valence-electron chi connectivity index (χ0n) is 23.6. The van der Waals surface area contributed by atoms with Crippen molar-refractivity contribution < 1.29 is 47.3 Å². The predicted molar refractivity (Wildman–Crippen MR) is 153 cm³/mol. The summed E-state index contributed by atoms with van der Waals surface area (Å²) < 4.78 is 41.1. The lowest BCUT2D eigenvalue weighted by molar-refractivity contribution is -0.143. The number of hydrogen-bond acceptors (Lipinski definition) is 7. The van der Waals surface area contributed by atoms with Gasteiger partial charge in [0.1, 0.15) is 6.61 Å². The molecule has 2 aliphatic rings. The number of halogens is 2. The standard InChI is InChI=1S/C32H30F2N2O8/c1-17(35-32(41)43-16-24-22-8-4-2-6-20(22)21-7-3-5-9-23(21)24)28(37)27(30(39)40)36-29(38)19-12-13-25(44-31(33)34)26(14-19)42-15-18-10-11-18/h2-9,12-14,17-18,24,27,31H,10-11,15-16H2,1H3,(H,35,41)(H,36,38)(H,39,40)/t17-,27?/m0/s1. The van der Waals surface area contributed by atoms with Crippen LogP contribution in [0.15, 0.2) is 66.7 Å². The van der Waals surface area contributed by atoms with Gasteiger partial charge in [-0.1, -0.05) is 48.5 Å². The Morgan fingerprint density at radius 1 is 0.886 bits per heavy atom. The van der Waals surface area contributed by atoms with Crippen LogP contribution in [0.2, 0.25) is 0 Å². The van der Waals surface area contributed by atoms with Gasteiger partial charge in [0.2, 0.25) is 0 Å². The van der Waals surface area contributed by atoms with E-state index in [9.17, 15) is 33.1 Å². The van der Waals surface area contributed by atoms with Crippen LogP contribution in [0.25, 0.3) is 11.1 Å². The molecule has 0 aliphatic heterocycles. The van der Waals surface area contributed by atoms with Crippen molar-refractivity contribution in [2.45, 2.75) is 44.4 Å². The summed E-state index contributed by atoms with van der Waals surface area (Å²) in [5.41, 5.74) is 3.92. The number of alkyl halides is 2. The van der Waals surface area contributed by atoms with E-state index >= 15 is 0 Å². The zero-order chi connectivity index (χ0) is 31.4. The number of Topliss-reactive ketones (excluding diaryl/α,β-unsaturated/α-hetero) is 1. The zero-order valence-corrected chi connectivity index (χ0v) is 23.6. The molecule has 2 atom stereocenters. The number of ether oxygens (including phenoxy) is 3. The van der Waals surface area contributed by atoms with Gasteiger partial charge < -0.3 is 30.0 Å². The summed E-state index contributed by atoms with van der Waals surface area (Å²) in [6, 6.07) is 15.5. The van der Waals surface area contributed by atoms with Crippen molar-refractivity contribution in [1.29, 1.82) is 0 Å². The molecule has 0 bridgehead atoms. The fourth-order valence-electron chi connectivity index (χ4n) is 5.05. The number of fused-ring (bicyclic) bond motifs is 3. The maximum absolute atomic E-state index is 13.0. The van der Waals surface area contributed by atoms with Gasteiger partial charge in [0.15, 0.2) is 23.3 Å². The van der Waals surface area contributed by atoms with E-state index in [0.29, 0.717) is 0 Å². The summed E-state index contributed by atoms with van der Waals surface area (Å²) in [5, 5.41) is 14.2. The van der Waals surface area contributed by atoms with E-state index in [1.165, 1.54) is 6.92 Å². The van der Waals surface area contributed by atoms with Gasteiger partial charge in [0.05, 0.1) is 12.6 Å². The Morgan fingerprint density at radius 2 is 1.52 bits per heavy atom. The summed E-state index contributed by atoms with van der Waals surface area (Å²) in [7, 11) is 0. The molecule has 3 aromatic rings. The van der Waals surface area contributed by atoms with E-state index in [4.69, 9.17) is 9.47 Å². The van der Waals surface area contributed by atoms with Crippen molar-refractivity contribution in [2.75, 3.05) is 13.2 Å². The van der Waals surface area contributed by atoms with E-state index in [2.05, 4.69) is 15.4 Å². The van der Waals surface area contributed by atoms with Crippen molar-refractivity contribution in [3.8, 4) is 22.6 Å². The minimum absolute atomic E-state index is 0.0176. The first-order chi connectivity index (χ1) is 21.1. The molecule has 1 fully saturated rings. The van der Waals surface area contributed by atoms with Crippen molar-refractivity contribution in [2.24, 2.45) is 5.92 Å². The molecule has 5 rings (SSSR count). The molecule has 3 aromatic carbocycles. The summed E-state index contributed by atoms with van der Waals surface area (Å²) in [5.74, 6) is -4.00. The van der Waals surface area contributed by atoms with Gasteiger partial charge in [-0.25, -0.2) is 9.59 Å². The van der Waals surface area contributed by atoms with Gasteiger partial charge in [-0.05, 0) is 66.1 Å². The molecule has 10 nitrogen and oxygen atoms in total. The Morgan fingerprint density at radius 3 is 2.11 bits per heavy atom. The van der Waals surface area contributed by atoms with Crippen LogP contribution in [0.1, 0.15) is 47.2 Å². The molecule has 230 valence electrons. The Kier molecular flexibility index (Phi) is 9.07. The number of ketones is 1. The molecule has 1 unspecified atom stereocenters. The lowest BCUT2D eigenvalue weighted by Gasteiger charge is -2.20. The van der Waals surface area contributed by atoms with Crippen LogP contribution in [0.5, 0.6) is 11.5 Å². The average molecular weight is 609 g/mol. The number of hydrogen-bond donors (Lipinski definition) is 3. The highest BCUT2D eigenvalue weighted by atomic mass is 19.3. The molecular formula is C32H30F2N2O8. The number of nitrogens with one attached hydrogen (secondary N) is 2. The third kappa shape index (κ3) is 6.96. The normalized spacial score (nSPS) is 15.0. The molecule has 0 heterocycles. The van der Waals surface area contributed by atoms with Gasteiger partial charge in [-0.3, -0.25) is 9.59 Å². The lowest BCUT2D eigenvalue weighted by atomic mass is 9.98. The summed E-state index contributed by atoms with van der Waals surface area (Å²) in [4.78, 5) is 50.5. The minimum atomic E-state index is -3.13. The van der Waals surface area contributed by atoms with Gasteiger partial charge >= 0.3 is 18.7 Å². The maximum Gasteiger partial charge on any atom is 0.407 e. The highest BCUT2D eigenvalue weighted by Gasteiger charge is 2.34. The molecular weight excluding hydrogens is 578 g/mol. The average Bonchev–Trinajstić information content (AvgIpc) is 3.78.